The largest absolute Gasteiger partial charge is 0.362 e. The molecule has 15 heteroatoms. The SMILES string of the molecule is NS(=O)(=O)N1CCC(F)(CNc2nonc2C(=NC2=CC(Br)C(F)C=C2)NO)C1. The van der Waals surface area contributed by atoms with Crippen molar-refractivity contribution in [1.29, 1.82) is 0 Å². The number of aliphatic imine (C=N–C) groups is 1. The maximum atomic E-state index is 14.9. The molecule has 1 aromatic rings. The molecule has 2 heterocycles. The maximum absolute atomic E-state index is 14.9. The van der Waals surface area contributed by atoms with Crippen LogP contribution < -0.4 is 15.9 Å². The Labute approximate surface area is 172 Å². The van der Waals surface area contributed by atoms with Gasteiger partial charge in [-0.1, -0.05) is 15.9 Å². The van der Waals surface area contributed by atoms with Crippen LogP contribution in [-0.4, -0.2) is 70.4 Å². The van der Waals surface area contributed by atoms with E-state index in [1.54, 1.807) is 0 Å². The summed E-state index contributed by atoms with van der Waals surface area (Å²) >= 11 is 3.15. The van der Waals surface area contributed by atoms with E-state index in [4.69, 9.17) is 5.14 Å². The lowest BCUT2D eigenvalue weighted by Crippen LogP contribution is -2.40. The molecule has 0 aromatic carbocycles. The molecule has 0 radical (unpaired) electrons. The Balaban J connectivity index is 1.73. The van der Waals surface area contributed by atoms with Crippen molar-refractivity contribution in [3.05, 3.63) is 29.6 Å². The second-order valence-corrected chi connectivity index (χ2v) is 9.11. The van der Waals surface area contributed by atoms with Crippen LogP contribution in [-0.2, 0) is 10.2 Å². The van der Waals surface area contributed by atoms with Gasteiger partial charge in [0.25, 0.3) is 10.2 Å². The van der Waals surface area contributed by atoms with Crippen molar-refractivity contribution in [2.45, 2.75) is 23.1 Å². The van der Waals surface area contributed by atoms with Crippen LogP contribution in [0.4, 0.5) is 14.6 Å². The molecule has 1 aliphatic carbocycles. The monoisotopic (exact) mass is 497 g/mol. The summed E-state index contributed by atoms with van der Waals surface area (Å²) in [6, 6.07) is 0. The zero-order valence-corrected chi connectivity index (χ0v) is 17.2. The number of hydrogen-bond donors (Lipinski definition) is 4. The van der Waals surface area contributed by atoms with Crippen LogP contribution in [0.25, 0.3) is 0 Å². The van der Waals surface area contributed by atoms with Crippen LogP contribution in [0.3, 0.4) is 0 Å². The lowest BCUT2D eigenvalue weighted by atomic mass is 10.1. The first kappa shape index (κ1) is 21.8. The number of alkyl halides is 3. The number of aromatic nitrogens is 2. The topological polar surface area (TPSA) is 159 Å². The number of hydrogen-bond acceptors (Lipinski definition) is 8. The molecule has 0 amide bonds. The minimum atomic E-state index is -3.98. The second kappa shape index (κ2) is 8.43. The van der Waals surface area contributed by atoms with E-state index < -0.39 is 33.4 Å². The average Bonchev–Trinajstić information content (AvgIpc) is 3.28. The minimum Gasteiger partial charge on any atom is -0.362 e. The molecule has 0 bridgehead atoms. The standard InChI is InChI=1S/C14H18BrF2N7O4S/c15-9-5-8(1-2-10(9)16)20-13(21-25)11-12(23-28-22-11)19-6-14(17)3-4-24(7-14)29(18,26)27/h1-2,5,9-10,25H,3-4,6-7H2,(H,19,23)(H,20,21)(H2,18,26,27). The summed E-state index contributed by atoms with van der Waals surface area (Å²) in [5.74, 6) is -0.206. The Morgan fingerprint density at radius 1 is 1.55 bits per heavy atom. The van der Waals surface area contributed by atoms with E-state index in [1.165, 1.54) is 18.2 Å². The molecular formula is C14H18BrF2N7O4S. The van der Waals surface area contributed by atoms with Crippen molar-refractivity contribution in [2.75, 3.05) is 25.0 Å². The number of rotatable bonds is 6. The lowest BCUT2D eigenvalue weighted by molar-refractivity contribution is 0.197. The van der Waals surface area contributed by atoms with Gasteiger partial charge in [0.2, 0.25) is 5.82 Å². The van der Waals surface area contributed by atoms with Crippen molar-refractivity contribution in [3.8, 4) is 0 Å². The van der Waals surface area contributed by atoms with Gasteiger partial charge in [0.05, 0.1) is 23.6 Å². The third-order valence-corrected chi connectivity index (χ3v) is 6.15. The molecule has 11 nitrogen and oxygen atoms in total. The van der Waals surface area contributed by atoms with Gasteiger partial charge in [0.15, 0.2) is 11.5 Å². The number of hydroxylamine groups is 1. The van der Waals surface area contributed by atoms with E-state index in [2.05, 4.69) is 41.2 Å². The smallest absolute Gasteiger partial charge is 0.277 e. The lowest BCUT2D eigenvalue weighted by Gasteiger charge is -2.20. The van der Waals surface area contributed by atoms with Gasteiger partial charge in [0, 0.05) is 6.54 Å². The Hall–Kier alpha value is -1.94. The van der Waals surface area contributed by atoms with Crippen LogP contribution in [0, 0.1) is 0 Å². The molecule has 3 rings (SSSR count). The number of halogens is 3. The first-order chi connectivity index (χ1) is 13.6. The molecule has 160 valence electrons. The number of nitrogens with one attached hydrogen (secondary N) is 2. The Morgan fingerprint density at radius 2 is 2.31 bits per heavy atom. The van der Waals surface area contributed by atoms with Gasteiger partial charge >= 0.3 is 0 Å². The average molecular weight is 498 g/mol. The third-order valence-electron chi connectivity index (χ3n) is 4.35. The normalized spacial score (nSPS) is 28.4. The van der Waals surface area contributed by atoms with Crippen molar-refractivity contribution < 1.29 is 27.0 Å². The molecule has 3 unspecified atom stereocenters. The van der Waals surface area contributed by atoms with Gasteiger partial charge in [-0.15, -0.1) is 0 Å². The van der Waals surface area contributed by atoms with Crippen LogP contribution in [0.15, 0.2) is 33.5 Å². The highest BCUT2D eigenvalue weighted by atomic mass is 79.9. The molecule has 5 N–H and O–H groups in total. The summed E-state index contributed by atoms with van der Waals surface area (Å²) in [7, 11) is -3.98. The number of anilines is 1. The summed E-state index contributed by atoms with van der Waals surface area (Å²) in [4.78, 5) is 3.53. The fourth-order valence-electron chi connectivity index (χ4n) is 2.80. The van der Waals surface area contributed by atoms with Crippen molar-refractivity contribution in [3.63, 3.8) is 0 Å². The van der Waals surface area contributed by atoms with Gasteiger partial charge in [-0.3, -0.25) is 10.7 Å². The van der Waals surface area contributed by atoms with Gasteiger partial charge in [-0.2, -0.15) is 12.7 Å². The summed E-state index contributed by atoms with van der Waals surface area (Å²) in [5.41, 5.74) is 0.232. The molecule has 1 saturated heterocycles. The number of allylic oxidation sites excluding steroid dienone is 3. The second-order valence-electron chi connectivity index (χ2n) is 6.51. The Kier molecular flexibility index (Phi) is 6.33. The Bertz CT molecular complexity index is 954. The molecule has 0 saturated carbocycles. The maximum Gasteiger partial charge on any atom is 0.277 e. The van der Waals surface area contributed by atoms with Crippen LogP contribution in [0.1, 0.15) is 12.1 Å². The number of nitrogens with two attached hydrogens (primary N) is 1. The van der Waals surface area contributed by atoms with E-state index in [1.807, 2.05) is 5.48 Å². The predicted octanol–water partition coefficient (Wildman–Crippen LogP) is 0.380. The first-order valence-corrected chi connectivity index (χ1v) is 10.7. The molecule has 1 fully saturated rings. The van der Waals surface area contributed by atoms with Crippen LogP contribution in [0.5, 0.6) is 0 Å². The Morgan fingerprint density at radius 3 is 2.93 bits per heavy atom. The first-order valence-electron chi connectivity index (χ1n) is 8.32. The van der Waals surface area contributed by atoms with Crippen LogP contribution in [0.2, 0.25) is 0 Å². The minimum absolute atomic E-state index is 0.0319. The summed E-state index contributed by atoms with van der Waals surface area (Å²) in [6.07, 6.45) is 2.91. The molecule has 3 atom stereocenters. The van der Waals surface area contributed by atoms with Gasteiger partial charge in [-0.25, -0.2) is 23.5 Å². The van der Waals surface area contributed by atoms with E-state index in [9.17, 15) is 22.4 Å². The van der Waals surface area contributed by atoms with Gasteiger partial charge in [0.1, 0.15) is 11.8 Å². The van der Waals surface area contributed by atoms with Gasteiger partial charge < -0.3 is 5.32 Å². The third kappa shape index (κ3) is 5.16. The molecule has 0 spiro atoms. The number of nitrogens with zero attached hydrogens (tertiary/aromatic N) is 4. The van der Waals surface area contributed by atoms with Crippen LogP contribution >= 0.6 is 15.9 Å². The van der Waals surface area contributed by atoms with E-state index in [-0.39, 0.29) is 36.9 Å². The zero-order chi connectivity index (χ0) is 21.2. The van der Waals surface area contributed by atoms with Crippen molar-refractivity contribution in [2.24, 2.45) is 10.1 Å². The fraction of sp³-hybridized carbons (Fsp3) is 0.500. The molecule has 2 aliphatic rings. The highest BCUT2D eigenvalue weighted by molar-refractivity contribution is 9.09. The van der Waals surface area contributed by atoms with Crippen molar-refractivity contribution >= 4 is 37.8 Å². The summed E-state index contributed by atoms with van der Waals surface area (Å²) in [5, 5.41) is 24.3. The summed E-state index contributed by atoms with van der Waals surface area (Å²) < 4.78 is 56.6. The molecule has 29 heavy (non-hydrogen) atoms. The van der Waals surface area contributed by atoms with E-state index in [0.29, 0.717) is 5.70 Å². The molecule has 1 aromatic heterocycles. The zero-order valence-electron chi connectivity index (χ0n) is 14.8. The molecule has 1 aliphatic heterocycles. The fourth-order valence-corrected chi connectivity index (χ4v) is 4.01. The highest BCUT2D eigenvalue weighted by Gasteiger charge is 2.42. The van der Waals surface area contributed by atoms with E-state index in [0.717, 1.165) is 4.31 Å². The predicted molar refractivity (Wildman–Crippen MR) is 102 cm³/mol. The number of amidine groups is 1. The molecular weight excluding hydrogens is 480 g/mol. The van der Waals surface area contributed by atoms with Crippen molar-refractivity contribution in [1.82, 2.24) is 20.1 Å². The van der Waals surface area contributed by atoms with Gasteiger partial charge in [-0.05, 0) is 35.0 Å². The summed E-state index contributed by atoms with van der Waals surface area (Å²) in [6.45, 7) is -0.766. The highest BCUT2D eigenvalue weighted by Crippen LogP contribution is 2.28. The van der Waals surface area contributed by atoms with E-state index >= 15 is 0 Å². The quantitative estimate of drug-likeness (QED) is 0.190.